The summed E-state index contributed by atoms with van der Waals surface area (Å²) in [5.41, 5.74) is 4.70. The van der Waals surface area contributed by atoms with Gasteiger partial charge in [-0.3, -0.25) is 9.78 Å². The van der Waals surface area contributed by atoms with E-state index in [2.05, 4.69) is 27.4 Å². The third kappa shape index (κ3) is 3.05. The molecule has 28 heavy (non-hydrogen) atoms. The molecule has 5 rings (SSSR count). The van der Waals surface area contributed by atoms with Crippen LogP contribution in [-0.4, -0.2) is 62.0 Å². The molecule has 0 radical (unpaired) electrons. The van der Waals surface area contributed by atoms with Crippen LogP contribution in [-0.2, 0) is 4.79 Å². The molecule has 0 bridgehead atoms. The van der Waals surface area contributed by atoms with E-state index in [-0.39, 0.29) is 11.7 Å². The zero-order valence-electron chi connectivity index (χ0n) is 16.0. The Morgan fingerprint density at radius 2 is 2.00 bits per heavy atom. The van der Waals surface area contributed by atoms with Crippen LogP contribution in [0.1, 0.15) is 17.1 Å². The molecule has 0 spiro atoms. The SMILES string of the molecule is Cc1cn2cc(C3=CC(=O)N4C=C(N5CCNCC5)C=CC4P3)nc2c(C)n1. The molecule has 2 aromatic heterocycles. The maximum Gasteiger partial charge on any atom is 0.252 e. The van der Waals surface area contributed by atoms with Gasteiger partial charge >= 0.3 is 0 Å². The molecule has 1 amide bonds. The van der Waals surface area contributed by atoms with Crippen molar-refractivity contribution in [3.63, 3.8) is 0 Å². The molecule has 0 aliphatic carbocycles. The van der Waals surface area contributed by atoms with Gasteiger partial charge in [0.1, 0.15) is 0 Å². The average Bonchev–Trinajstić information content (AvgIpc) is 3.13. The molecule has 8 heteroatoms. The van der Waals surface area contributed by atoms with Crippen LogP contribution in [0.4, 0.5) is 0 Å². The Bertz CT molecular complexity index is 1050. The van der Waals surface area contributed by atoms with Gasteiger partial charge in [0.05, 0.1) is 28.6 Å². The Morgan fingerprint density at radius 3 is 2.82 bits per heavy atom. The highest BCUT2D eigenvalue weighted by atomic mass is 31.1. The predicted molar refractivity (Wildman–Crippen MR) is 111 cm³/mol. The normalized spacial score (nSPS) is 23.2. The average molecular weight is 394 g/mol. The van der Waals surface area contributed by atoms with Crippen LogP contribution in [0.2, 0.25) is 0 Å². The second kappa shape index (κ2) is 6.83. The Hall–Kier alpha value is -2.50. The van der Waals surface area contributed by atoms with Gasteiger partial charge in [0.25, 0.3) is 5.91 Å². The third-order valence-corrected chi connectivity index (χ3v) is 6.81. The summed E-state index contributed by atoms with van der Waals surface area (Å²) in [6.07, 6.45) is 12.1. The number of nitrogens with zero attached hydrogens (tertiary/aromatic N) is 5. The quantitative estimate of drug-likeness (QED) is 0.788. The van der Waals surface area contributed by atoms with Crippen molar-refractivity contribution in [3.8, 4) is 0 Å². The summed E-state index contributed by atoms with van der Waals surface area (Å²) < 4.78 is 2.01. The standard InChI is InChI=1S/C20H23N6OP/c1-13-10-25-12-16(23-20(25)14(2)22-13)17-9-18(27)26-11-15(3-4-19(26)28-17)24-7-5-21-6-8-24/h3-4,9-12,19,21,28H,5-8H2,1-2H3. The van der Waals surface area contributed by atoms with Crippen molar-refractivity contribution in [2.24, 2.45) is 0 Å². The smallest absolute Gasteiger partial charge is 0.252 e. The van der Waals surface area contributed by atoms with E-state index in [1.54, 1.807) is 6.08 Å². The minimum Gasteiger partial charge on any atom is -0.368 e. The molecule has 1 N–H and O–H groups in total. The number of imidazole rings is 1. The topological polar surface area (TPSA) is 65.8 Å². The lowest BCUT2D eigenvalue weighted by molar-refractivity contribution is -0.123. The first-order chi connectivity index (χ1) is 13.6. The number of carbonyl (C=O) groups is 1. The van der Waals surface area contributed by atoms with Crippen LogP contribution in [0.3, 0.4) is 0 Å². The molecule has 2 aromatic rings. The van der Waals surface area contributed by atoms with Crippen molar-refractivity contribution in [2.45, 2.75) is 19.6 Å². The van der Waals surface area contributed by atoms with E-state index in [0.717, 1.165) is 59.9 Å². The molecule has 3 aliphatic heterocycles. The Kier molecular flexibility index (Phi) is 4.29. The van der Waals surface area contributed by atoms with Crippen LogP contribution in [0.15, 0.2) is 42.5 Å². The number of rotatable bonds is 2. The largest absolute Gasteiger partial charge is 0.368 e. The Morgan fingerprint density at radius 1 is 1.18 bits per heavy atom. The summed E-state index contributed by atoms with van der Waals surface area (Å²) in [4.78, 5) is 26.3. The lowest BCUT2D eigenvalue weighted by atomic mass is 10.2. The zero-order chi connectivity index (χ0) is 19.3. The van der Waals surface area contributed by atoms with Gasteiger partial charge in [0.15, 0.2) is 5.65 Å². The fourth-order valence-corrected chi connectivity index (χ4v) is 5.28. The van der Waals surface area contributed by atoms with Gasteiger partial charge < -0.3 is 19.5 Å². The summed E-state index contributed by atoms with van der Waals surface area (Å²) >= 11 is 0. The monoisotopic (exact) mass is 394 g/mol. The van der Waals surface area contributed by atoms with E-state index < -0.39 is 0 Å². The minimum atomic E-state index is 0.0267. The van der Waals surface area contributed by atoms with Gasteiger partial charge in [0, 0.05) is 56.2 Å². The maximum absolute atomic E-state index is 12.9. The minimum absolute atomic E-state index is 0.0267. The number of amides is 1. The number of hydrogen-bond donors (Lipinski definition) is 1. The van der Waals surface area contributed by atoms with E-state index in [4.69, 9.17) is 4.98 Å². The molecule has 3 aliphatic rings. The second-order valence-electron chi connectivity index (χ2n) is 7.37. The number of aryl methyl sites for hydroxylation is 2. The van der Waals surface area contributed by atoms with Gasteiger partial charge in [-0.15, -0.1) is 0 Å². The molecule has 1 saturated heterocycles. The van der Waals surface area contributed by atoms with Crippen LogP contribution >= 0.6 is 8.58 Å². The molecular formula is C20H23N6OP. The van der Waals surface area contributed by atoms with Gasteiger partial charge in [0.2, 0.25) is 0 Å². The first-order valence-electron chi connectivity index (χ1n) is 9.58. The summed E-state index contributed by atoms with van der Waals surface area (Å²) in [6, 6.07) is 0. The summed E-state index contributed by atoms with van der Waals surface area (Å²) in [6.45, 7) is 7.85. The molecule has 0 aromatic carbocycles. The Labute approximate surface area is 165 Å². The van der Waals surface area contributed by atoms with Gasteiger partial charge in [-0.25, -0.2) is 4.98 Å². The number of hydrogen-bond acceptors (Lipinski definition) is 5. The summed E-state index contributed by atoms with van der Waals surface area (Å²) in [7, 11) is 0.471. The highest BCUT2D eigenvalue weighted by Gasteiger charge is 2.30. The second-order valence-corrected chi connectivity index (χ2v) is 8.79. The number of nitrogens with one attached hydrogen (secondary N) is 1. The van der Waals surface area contributed by atoms with Crippen molar-refractivity contribution in [1.29, 1.82) is 0 Å². The Balaban J connectivity index is 1.44. The maximum atomic E-state index is 12.9. The highest BCUT2D eigenvalue weighted by molar-refractivity contribution is 7.51. The highest BCUT2D eigenvalue weighted by Crippen LogP contribution is 2.44. The number of carbonyl (C=O) groups excluding carboxylic acids is 1. The molecule has 5 heterocycles. The molecule has 0 saturated carbocycles. The lowest BCUT2D eigenvalue weighted by Crippen LogP contribution is -2.44. The third-order valence-electron chi connectivity index (χ3n) is 5.33. The summed E-state index contributed by atoms with van der Waals surface area (Å²) in [5, 5.41) is 4.38. The predicted octanol–water partition coefficient (Wildman–Crippen LogP) is 1.85. The molecule has 2 unspecified atom stereocenters. The van der Waals surface area contributed by atoms with Crippen molar-refractivity contribution in [1.82, 2.24) is 29.5 Å². The van der Waals surface area contributed by atoms with Crippen molar-refractivity contribution >= 4 is 25.4 Å². The van der Waals surface area contributed by atoms with E-state index in [0.29, 0.717) is 8.58 Å². The number of aromatic nitrogens is 3. The van der Waals surface area contributed by atoms with Gasteiger partial charge in [-0.05, 0) is 19.9 Å². The molecular weight excluding hydrogens is 371 g/mol. The van der Waals surface area contributed by atoms with Crippen LogP contribution < -0.4 is 5.32 Å². The number of allylic oxidation sites excluding steroid dienone is 1. The molecule has 2 atom stereocenters. The first kappa shape index (κ1) is 17.6. The van der Waals surface area contributed by atoms with Crippen molar-refractivity contribution in [2.75, 3.05) is 26.2 Å². The summed E-state index contributed by atoms with van der Waals surface area (Å²) in [5.74, 6) is 0.101. The lowest BCUT2D eigenvalue weighted by Gasteiger charge is -2.37. The van der Waals surface area contributed by atoms with E-state index >= 15 is 0 Å². The molecule has 144 valence electrons. The molecule has 1 fully saturated rings. The van der Waals surface area contributed by atoms with Crippen LogP contribution in [0.25, 0.3) is 11.0 Å². The fraction of sp³-hybridized carbons (Fsp3) is 0.350. The first-order valence-corrected chi connectivity index (χ1v) is 10.7. The number of piperazine rings is 1. The van der Waals surface area contributed by atoms with Gasteiger partial charge in [-0.2, -0.15) is 0 Å². The number of fused-ring (bicyclic) bond motifs is 2. The molecule has 7 nitrogen and oxygen atoms in total. The van der Waals surface area contributed by atoms with Gasteiger partial charge in [-0.1, -0.05) is 14.7 Å². The zero-order valence-corrected chi connectivity index (χ0v) is 17.0. The fourth-order valence-electron chi connectivity index (χ4n) is 3.96. The van der Waals surface area contributed by atoms with E-state index in [1.165, 1.54) is 0 Å². The van der Waals surface area contributed by atoms with E-state index in [1.807, 2.05) is 41.7 Å². The van der Waals surface area contributed by atoms with Crippen molar-refractivity contribution < 1.29 is 4.79 Å². The van der Waals surface area contributed by atoms with Crippen LogP contribution in [0.5, 0.6) is 0 Å². The van der Waals surface area contributed by atoms with Crippen molar-refractivity contribution in [3.05, 3.63) is 59.6 Å². The van der Waals surface area contributed by atoms with E-state index in [9.17, 15) is 4.79 Å². The van der Waals surface area contributed by atoms with Crippen LogP contribution in [0, 0.1) is 13.8 Å².